The number of carbonyl (C=O) groups is 1. The Morgan fingerprint density at radius 3 is 2.84 bits per heavy atom. The highest BCUT2D eigenvalue weighted by Crippen LogP contribution is 2.35. The summed E-state index contributed by atoms with van der Waals surface area (Å²) in [5.74, 6) is 2.56. The number of hydrogen-bond acceptors (Lipinski definition) is 8. The fraction of sp³-hybridized carbons (Fsp3) is 0.348. The van der Waals surface area contributed by atoms with Crippen LogP contribution >= 0.6 is 0 Å². The van der Waals surface area contributed by atoms with E-state index < -0.39 is 0 Å². The molecule has 3 aromatic rings. The molecule has 1 aromatic heterocycles. The Hall–Kier alpha value is -3.75. The van der Waals surface area contributed by atoms with Crippen LogP contribution in [0.4, 0.5) is 10.5 Å². The molecule has 32 heavy (non-hydrogen) atoms. The molecule has 1 amide bonds. The molecule has 0 unspecified atom stereocenters. The Bertz CT molecular complexity index is 1140. The van der Waals surface area contributed by atoms with Gasteiger partial charge in [0.2, 0.25) is 5.88 Å². The van der Waals surface area contributed by atoms with Crippen molar-refractivity contribution in [3.63, 3.8) is 0 Å². The zero-order chi connectivity index (χ0) is 21.9. The van der Waals surface area contributed by atoms with E-state index in [0.717, 1.165) is 16.6 Å². The molecule has 2 aliphatic rings. The van der Waals surface area contributed by atoms with Crippen molar-refractivity contribution in [2.45, 2.75) is 18.9 Å². The Labute approximate surface area is 184 Å². The maximum absolute atomic E-state index is 12.4. The summed E-state index contributed by atoms with van der Waals surface area (Å²) < 4.78 is 27.9. The van der Waals surface area contributed by atoms with Crippen molar-refractivity contribution >= 4 is 22.7 Å². The molecule has 9 heteroatoms. The van der Waals surface area contributed by atoms with E-state index in [9.17, 15) is 4.79 Å². The molecular formula is C23H23N3O6. The summed E-state index contributed by atoms with van der Waals surface area (Å²) in [5, 5.41) is 0.795. The average molecular weight is 437 g/mol. The lowest BCUT2D eigenvalue weighted by Gasteiger charge is -2.21. The zero-order valence-electron chi connectivity index (χ0n) is 17.7. The molecule has 1 fully saturated rings. The van der Waals surface area contributed by atoms with Crippen LogP contribution in [0.5, 0.6) is 23.1 Å². The van der Waals surface area contributed by atoms with Gasteiger partial charge in [-0.05, 0) is 43.2 Å². The Morgan fingerprint density at radius 1 is 1.09 bits per heavy atom. The van der Waals surface area contributed by atoms with Gasteiger partial charge in [-0.3, -0.25) is 4.90 Å². The van der Waals surface area contributed by atoms with Gasteiger partial charge in [0.05, 0.1) is 36.9 Å². The fourth-order valence-electron chi connectivity index (χ4n) is 3.82. The molecule has 2 aromatic carbocycles. The third-order valence-electron chi connectivity index (χ3n) is 5.43. The highest BCUT2D eigenvalue weighted by atomic mass is 16.6. The van der Waals surface area contributed by atoms with E-state index in [1.807, 2.05) is 36.4 Å². The molecule has 0 bridgehead atoms. The number of rotatable bonds is 7. The monoisotopic (exact) mass is 437 g/mol. The van der Waals surface area contributed by atoms with Gasteiger partial charge >= 0.3 is 6.09 Å². The first kappa shape index (κ1) is 20.2. The van der Waals surface area contributed by atoms with Crippen LogP contribution in [0.25, 0.3) is 10.9 Å². The highest BCUT2D eigenvalue weighted by Gasteiger charge is 2.32. The normalized spacial score (nSPS) is 17.3. The SMILES string of the molecule is COc1ccc2ncnc(OCCC[C@@H]3CN(c4ccc5c(c4)OCCO5)C(=O)O3)c2c1. The van der Waals surface area contributed by atoms with Crippen LogP contribution in [-0.4, -0.2) is 55.6 Å². The minimum atomic E-state index is -0.360. The largest absolute Gasteiger partial charge is 0.497 e. The second-order valence-corrected chi connectivity index (χ2v) is 7.50. The molecule has 166 valence electrons. The second kappa shape index (κ2) is 8.78. The lowest BCUT2D eigenvalue weighted by Crippen LogP contribution is -2.25. The Morgan fingerprint density at radius 2 is 1.97 bits per heavy atom. The first-order valence-electron chi connectivity index (χ1n) is 10.5. The summed E-state index contributed by atoms with van der Waals surface area (Å²) in [6, 6.07) is 11.0. The maximum Gasteiger partial charge on any atom is 0.414 e. The molecular weight excluding hydrogens is 414 g/mol. The van der Waals surface area contributed by atoms with Crippen LogP contribution in [0.3, 0.4) is 0 Å². The number of amides is 1. The Kier molecular flexibility index (Phi) is 5.53. The number of cyclic esters (lactones) is 1. The summed E-state index contributed by atoms with van der Waals surface area (Å²) in [7, 11) is 1.61. The Balaban J connectivity index is 1.17. The van der Waals surface area contributed by atoms with Gasteiger partial charge in [0.25, 0.3) is 0 Å². The van der Waals surface area contributed by atoms with Crippen molar-refractivity contribution < 1.29 is 28.5 Å². The predicted octanol–water partition coefficient (Wildman–Crippen LogP) is 3.59. The first-order valence-corrected chi connectivity index (χ1v) is 10.5. The summed E-state index contributed by atoms with van der Waals surface area (Å²) >= 11 is 0. The number of benzene rings is 2. The number of hydrogen-bond donors (Lipinski definition) is 0. The molecule has 1 saturated heterocycles. The van der Waals surface area contributed by atoms with Crippen LogP contribution in [0, 0.1) is 0 Å². The minimum absolute atomic E-state index is 0.207. The number of carbonyl (C=O) groups excluding carboxylic acids is 1. The first-order chi connectivity index (χ1) is 15.7. The molecule has 0 spiro atoms. The van der Waals surface area contributed by atoms with Gasteiger partial charge in [0.1, 0.15) is 31.4 Å². The van der Waals surface area contributed by atoms with Crippen molar-refractivity contribution in [1.82, 2.24) is 9.97 Å². The lowest BCUT2D eigenvalue weighted by atomic mass is 10.2. The van der Waals surface area contributed by atoms with E-state index in [0.29, 0.717) is 62.3 Å². The summed E-state index contributed by atoms with van der Waals surface area (Å²) in [6.45, 7) is 1.95. The van der Waals surface area contributed by atoms with Gasteiger partial charge in [-0.1, -0.05) is 0 Å². The van der Waals surface area contributed by atoms with Crippen LogP contribution in [-0.2, 0) is 4.74 Å². The van der Waals surface area contributed by atoms with Crippen molar-refractivity contribution in [1.29, 1.82) is 0 Å². The van der Waals surface area contributed by atoms with Crippen molar-refractivity contribution in [2.24, 2.45) is 0 Å². The summed E-state index contributed by atoms with van der Waals surface area (Å²) in [5.41, 5.74) is 1.52. The fourth-order valence-corrected chi connectivity index (χ4v) is 3.82. The quantitative estimate of drug-likeness (QED) is 0.518. The second-order valence-electron chi connectivity index (χ2n) is 7.50. The van der Waals surface area contributed by atoms with E-state index in [2.05, 4.69) is 9.97 Å². The van der Waals surface area contributed by atoms with Crippen LogP contribution in [0.2, 0.25) is 0 Å². The number of ether oxygens (including phenoxy) is 5. The standard InChI is InChI=1S/C23H23N3O6/c1-28-16-5-6-19-18(12-16)22(25-14-24-19)31-8-2-3-17-13-26(23(27)32-17)15-4-7-20-21(11-15)30-10-9-29-20/h4-7,11-12,14,17H,2-3,8-10,13H2,1H3/t17-/m1/s1. The van der Waals surface area contributed by atoms with E-state index in [4.69, 9.17) is 23.7 Å². The average Bonchev–Trinajstić information content (AvgIpc) is 3.21. The van der Waals surface area contributed by atoms with E-state index >= 15 is 0 Å². The van der Waals surface area contributed by atoms with Gasteiger partial charge in [-0.2, -0.15) is 0 Å². The number of aromatic nitrogens is 2. The van der Waals surface area contributed by atoms with E-state index in [1.165, 1.54) is 6.33 Å². The molecule has 9 nitrogen and oxygen atoms in total. The molecule has 2 aliphatic heterocycles. The van der Waals surface area contributed by atoms with Gasteiger partial charge in [0, 0.05) is 6.07 Å². The van der Waals surface area contributed by atoms with Crippen molar-refractivity contribution in [3.8, 4) is 23.1 Å². The van der Waals surface area contributed by atoms with Crippen LogP contribution in [0.15, 0.2) is 42.7 Å². The van der Waals surface area contributed by atoms with Gasteiger partial charge in [0.15, 0.2) is 11.5 Å². The van der Waals surface area contributed by atoms with Crippen molar-refractivity contribution in [3.05, 3.63) is 42.7 Å². The van der Waals surface area contributed by atoms with Crippen molar-refractivity contribution in [2.75, 3.05) is 38.4 Å². The zero-order valence-corrected chi connectivity index (χ0v) is 17.7. The highest BCUT2D eigenvalue weighted by molar-refractivity contribution is 5.90. The molecule has 5 rings (SSSR count). The number of fused-ring (bicyclic) bond motifs is 2. The van der Waals surface area contributed by atoms with E-state index in [-0.39, 0.29) is 12.2 Å². The molecule has 0 aliphatic carbocycles. The number of nitrogens with zero attached hydrogens (tertiary/aromatic N) is 3. The maximum atomic E-state index is 12.4. The number of methoxy groups -OCH3 is 1. The molecule has 0 N–H and O–H groups in total. The molecule has 0 saturated carbocycles. The molecule has 0 radical (unpaired) electrons. The van der Waals surface area contributed by atoms with Gasteiger partial charge in [-0.25, -0.2) is 14.8 Å². The third kappa shape index (κ3) is 4.05. The summed E-state index contributed by atoms with van der Waals surface area (Å²) in [6.07, 6.45) is 2.30. The third-order valence-corrected chi connectivity index (χ3v) is 5.43. The minimum Gasteiger partial charge on any atom is -0.497 e. The van der Waals surface area contributed by atoms with Gasteiger partial charge < -0.3 is 23.7 Å². The topological polar surface area (TPSA) is 92.2 Å². The molecule has 1 atom stereocenters. The smallest absolute Gasteiger partial charge is 0.414 e. The van der Waals surface area contributed by atoms with E-state index in [1.54, 1.807) is 12.0 Å². The molecule has 3 heterocycles. The number of anilines is 1. The van der Waals surface area contributed by atoms with Crippen LogP contribution < -0.4 is 23.8 Å². The van der Waals surface area contributed by atoms with Gasteiger partial charge in [-0.15, -0.1) is 0 Å². The predicted molar refractivity (Wildman–Crippen MR) is 116 cm³/mol. The summed E-state index contributed by atoms with van der Waals surface area (Å²) in [4.78, 5) is 22.5. The lowest BCUT2D eigenvalue weighted by molar-refractivity contribution is 0.131. The van der Waals surface area contributed by atoms with Crippen LogP contribution in [0.1, 0.15) is 12.8 Å².